The maximum atomic E-state index is 13.8. The van der Waals surface area contributed by atoms with Gasteiger partial charge in [-0.25, -0.2) is 4.98 Å². The van der Waals surface area contributed by atoms with Crippen LogP contribution >= 0.6 is 22.9 Å². The highest BCUT2D eigenvalue weighted by atomic mass is 35.5. The van der Waals surface area contributed by atoms with Crippen molar-refractivity contribution < 1.29 is 18.3 Å². The molecule has 0 radical (unpaired) electrons. The van der Waals surface area contributed by atoms with Crippen LogP contribution in [0.4, 0.5) is 18.9 Å². The quantitative estimate of drug-likeness (QED) is 0.279. The molecule has 0 spiro atoms. The molecule has 0 atom stereocenters. The Hall–Kier alpha value is -2.13. The number of halogens is 4. The van der Waals surface area contributed by atoms with Crippen LogP contribution in [0.5, 0.6) is 0 Å². The van der Waals surface area contributed by atoms with Crippen LogP contribution in [0, 0.1) is 0 Å². The number of aliphatic hydroxyl groups excluding tert-OH is 1. The van der Waals surface area contributed by atoms with E-state index < -0.39 is 11.7 Å². The van der Waals surface area contributed by atoms with Gasteiger partial charge in [-0.15, -0.1) is 11.3 Å². The van der Waals surface area contributed by atoms with Gasteiger partial charge in [0.1, 0.15) is 5.01 Å². The molecule has 0 aliphatic carbocycles. The van der Waals surface area contributed by atoms with Gasteiger partial charge in [0, 0.05) is 40.3 Å². The van der Waals surface area contributed by atoms with Crippen molar-refractivity contribution in [2.45, 2.75) is 25.4 Å². The molecule has 2 aromatic carbocycles. The highest BCUT2D eigenvalue weighted by Crippen LogP contribution is 2.43. The van der Waals surface area contributed by atoms with Crippen molar-refractivity contribution in [3.63, 3.8) is 0 Å². The Kier molecular flexibility index (Phi) is 8.92. The molecule has 0 aliphatic rings. The molecule has 1 heterocycles. The van der Waals surface area contributed by atoms with Gasteiger partial charge in [0.2, 0.25) is 0 Å². The molecule has 4 nitrogen and oxygen atoms in total. The van der Waals surface area contributed by atoms with Gasteiger partial charge >= 0.3 is 6.18 Å². The lowest BCUT2D eigenvalue weighted by atomic mass is 10.0. The van der Waals surface area contributed by atoms with Crippen molar-refractivity contribution in [2.24, 2.45) is 0 Å². The number of anilines is 1. The summed E-state index contributed by atoms with van der Waals surface area (Å²) in [6.07, 6.45) is -1.81. The van der Waals surface area contributed by atoms with Crippen molar-refractivity contribution >= 4 is 28.6 Å². The molecule has 3 N–H and O–H groups in total. The molecule has 0 amide bonds. The standard InChI is InChI=1S/C23H25ClF3N3OS/c24-17-7-4-6-16(14-17)20-15-32-22(30-20)21-18(23(25,26)27)8-5-9-19(21)29-11-3-1-2-10-28-12-13-31/h4-9,14-15,28-29,31H,1-3,10-13H2. The van der Waals surface area contributed by atoms with Crippen LogP contribution in [0.15, 0.2) is 47.8 Å². The van der Waals surface area contributed by atoms with Gasteiger partial charge in [-0.1, -0.05) is 36.2 Å². The molecule has 0 aliphatic heterocycles. The van der Waals surface area contributed by atoms with E-state index in [1.54, 1.807) is 29.6 Å². The minimum Gasteiger partial charge on any atom is -0.395 e. The third kappa shape index (κ3) is 6.68. The molecule has 0 fully saturated rings. The first-order valence-corrected chi connectivity index (χ1v) is 11.6. The molecule has 0 saturated heterocycles. The number of rotatable bonds is 11. The van der Waals surface area contributed by atoms with Crippen LogP contribution in [0.3, 0.4) is 0 Å². The molecule has 172 valence electrons. The number of hydrogen-bond acceptors (Lipinski definition) is 5. The average Bonchev–Trinajstić information content (AvgIpc) is 3.25. The van der Waals surface area contributed by atoms with Crippen LogP contribution in [-0.2, 0) is 6.18 Å². The van der Waals surface area contributed by atoms with E-state index in [4.69, 9.17) is 16.7 Å². The summed E-state index contributed by atoms with van der Waals surface area (Å²) in [5.41, 5.74) is 1.13. The van der Waals surface area contributed by atoms with Gasteiger partial charge in [0.15, 0.2) is 0 Å². The predicted molar refractivity (Wildman–Crippen MR) is 125 cm³/mol. The van der Waals surface area contributed by atoms with E-state index in [9.17, 15) is 13.2 Å². The smallest absolute Gasteiger partial charge is 0.395 e. The number of nitrogens with one attached hydrogen (secondary N) is 2. The van der Waals surface area contributed by atoms with Gasteiger partial charge in [-0.2, -0.15) is 13.2 Å². The third-order valence-electron chi connectivity index (χ3n) is 4.84. The summed E-state index contributed by atoms with van der Waals surface area (Å²) < 4.78 is 41.4. The fraction of sp³-hybridized carbons (Fsp3) is 0.348. The van der Waals surface area contributed by atoms with Crippen LogP contribution in [0.2, 0.25) is 5.02 Å². The van der Waals surface area contributed by atoms with Crippen molar-refractivity contribution in [1.29, 1.82) is 0 Å². The Labute approximate surface area is 194 Å². The molecule has 0 saturated carbocycles. The van der Waals surface area contributed by atoms with E-state index in [2.05, 4.69) is 15.6 Å². The monoisotopic (exact) mass is 483 g/mol. The van der Waals surface area contributed by atoms with Gasteiger partial charge < -0.3 is 15.7 Å². The first-order chi connectivity index (χ1) is 15.4. The van der Waals surface area contributed by atoms with Gasteiger partial charge in [0.25, 0.3) is 0 Å². The first-order valence-electron chi connectivity index (χ1n) is 10.4. The van der Waals surface area contributed by atoms with E-state index in [0.717, 1.165) is 37.4 Å². The Morgan fingerprint density at radius 3 is 2.53 bits per heavy atom. The number of hydrogen-bond donors (Lipinski definition) is 3. The second kappa shape index (κ2) is 11.7. The van der Waals surface area contributed by atoms with Crippen molar-refractivity contribution in [3.8, 4) is 21.8 Å². The van der Waals surface area contributed by atoms with Crippen LogP contribution in [0.1, 0.15) is 24.8 Å². The summed E-state index contributed by atoms with van der Waals surface area (Å²) in [7, 11) is 0. The predicted octanol–water partition coefficient (Wildman–Crippen LogP) is 6.31. The Morgan fingerprint density at radius 1 is 1.00 bits per heavy atom. The normalized spacial score (nSPS) is 11.7. The summed E-state index contributed by atoms with van der Waals surface area (Å²) >= 11 is 7.23. The first kappa shape index (κ1) is 24.5. The lowest BCUT2D eigenvalue weighted by Crippen LogP contribution is -2.19. The molecule has 32 heavy (non-hydrogen) atoms. The lowest BCUT2D eigenvalue weighted by molar-refractivity contribution is -0.137. The number of alkyl halides is 3. The summed E-state index contributed by atoms with van der Waals surface area (Å²) in [6, 6.07) is 11.3. The zero-order valence-electron chi connectivity index (χ0n) is 17.4. The number of unbranched alkanes of at least 4 members (excludes halogenated alkanes) is 2. The Morgan fingerprint density at radius 2 is 1.78 bits per heavy atom. The van der Waals surface area contributed by atoms with Crippen LogP contribution < -0.4 is 10.6 Å². The molecule has 0 bridgehead atoms. The highest BCUT2D eigenvalue weighted by Gasteiger charge is 2.35. The number of aromatic nitrogens is 1. The summed E-state index contributed by atoms with van der Waals surface area (Å²) in [6.45, 7) is 2.04. The van der Waals surface area contributed by atoms with Gasteiger partial charge in [-0.3, -0.25) is 0 Å². The largest absolute Gasteiger partial charge is 0.417 e. The molecular weight excluding hydrogens is 459 g/mol. The number of thiazole rings is 1. The number of benzene rings is 2. The lowest BCUT2D eigenvalue weighted by Gasteiger charge is -2.16. The van der Waals surface area contributed by atoms with E-state index >= 15 is 0 Å². The van der Waals surface area contributed by atoms with E-state index in [1.165, 1.54) is 17.4 Å². The molecular formula is C23H25ClF3N3OS. The number of nitrogens with zero attached hydrogens (tertiary/aromatic N) is 1. The van der Waals surface area contributed by atoms with Crippen molar-refractivity contribution in [3.05, 3.63) is 58.4 Å². The maximum Gasteiger partial charge on any atom is 0.417 e. The second-order valence-electron chi connectivity index (χ2n) is 7.24. The minimum absolute atomic E-state index is 0.0721. The van der Waals surface area contributed by atoms with E-state index in [-0.39, 0.29) is 12.2 Å². The van der Waals surface area contributed by atoms with Crippen molar-refractivity contribution in [1.82, 2.24) is 10.3 Å². The summed E-state index contributed by atoms with van der Waals surface area (Å²) in [4.78, 5) is 4.50. The molecule has 0 unspecified atom stereocenters. The van der Waals surface area contributed by atoms with Crippen LogP contribution in [-0.4, -0.2) is 36.3 Å². The van der Waals surface area contributed by atoms with E-state index in [0.29, 0.717) is 34.5 Å². The fourth-order valence-corrected chi connectivity index (χ4v) is 4.41. The number of aliphatic hydroxyl groups is 1. The maximum absolute atomic E-state index is 13.8. The Balaban J connectivity index is 1.78. The summed E-state index contributed by atoms with van der Waals surface area (Å²) in [5, 5.41) is 17.6. The summed E-state index contributed by atoms with van der Waals surface area (Å²) in [5.74, 6) is 0. The zero-order valence-corrected chi connectivity index (χ0v) is 19.0. The average molecular weight is 484 g/mol. The van der Waals surface area contributed by atoms with Gasteiger partial charge in [0.05, 0.1) is 17.9 Å². The third-order valence-corrected chi connectivity index (χ3v) is 5.94. The van der Waals surface area contributed by atoms with E-state index in [1.807, 2.05) is 6.07 Å². The molecule has 1 aromatic heterocycles. The second-order valence-corrected chi connectivity index (χ2v) is 8.53. The van der Waals surface area contributed by atoms with Crippen molar-refractivity contribution in [2.75, 3.05) is 31.6 Å². The fourth-order valence-electron chi connectivity index (χ4n) is 3.31. The Bertz CT molecular complexity index is 1010. The molecule has 9 heteroatoms. The SMILES string of the molecule is OCCNCCCCCNc1cccc(C(F)(F)F)c1-c1nc(-c2cccc(Cl)c2)cs1. The molecule has 3 aromatic rings. The van der Waals surface area contributed by atoms with Crippen LogP contribution in [0.25, 0.3) is 21.8 Å². The zero-order chi connectivity index (χ0) is 23.0. The highest BCUT2D eigenvalue weighted by molar-refractivity contribution is 7.13. The topological polar surface area (TPSA) is 57.2 Å². The van der Waals surface area contributed by atoms with Gasteiger partial charge in [-0.05, 0) is 43.7 Å². The minimum atomic E-state index is -4.49. The molecule has 3 rings (SSSR count).